The number of amides is 1. The average molecular weight is 478 g/mol. The first-order valence-electron chi connectivity index (χ1n) is 12.6. The van der Waals surface area contributed by atoms with Gasteiger partial charge < -0.3 is 15.2 Å². The lowest BCUT2D eigenvalue weighted by molar-refractivity contribution is -0.182. The molecular formula is C29H35NO5. The lowest BCUT2D eigenvalue weighted by atomic mass is 9.59. The van der Waals surface area contributed by atoms with Gasteiger partial charge in [0.25, 0.3) is 5.91 Å². The Kier molecular flexibility index (Phi) is 7.41. The zero-order valence-corrected chi connectivity index (χ0v) is 20.5. The molecule has 35 heavy (non-hydrogen) atoms. The molecule has 2 aliphatic heterocycles. The van der Waals surface area contributed by atoms with Gasteiger partial charge in [-0.05, 0) is 54.7 Å². The topological polar surface area (TPSA) is 92.7 Å². The minimum Gasteiger partial charge on any atom is -0.445 e. The maximum atomic E-state index is 13.7. The van der Waals surface area contributed by atoms with Crippen molar-refractivity contribution >= 4 is 17.7 Å². The molecule has 3 aliphatic rings. The van der Waals surface area contributed by atoms with Crippen LogP contribution in [-0.4, -0.2) is 40.5 Å². The van der Waals surface area contributed by atoms with Crippen LogP contribution in [0.3, 0.4) is 0 Å². The number of ether oxygens (including phenoxy) is 1. The lowest BCUT2D eigenvalue weighted by Crippen LogP contribution is -2.61. The fraction of sp³-hybridized carbons (Fsp3) is 0.483. The van der Waals surface area contributed by atoms with Crippen LogP contribution in [0, 0.1) is 23.7 Å². The highest BCUT2D eigenvalue weighted by atomic mass is 16.6. The second-order valence-electron chi connectivity index (χ2n) is 10.3. The van der Waals surface area contributed by atoms with Crippen molar-refractivity contribution in [2.45, 2.75) is 63.7 Å². The van der Waals surface area contributed by atoms with Crippen molar-refractivity contribution in [1.29, 1.82) is 0 Å². The van der Waals surface area contributed by atoms with Crippen LogP contribution in [-0.2, 0) is 25.5 Å². The summed E-state index contributed by atoms with van der Waals surface area (Å²) in [5.41, 5.74) is 0.0801. The smallest absolute Gasteiger partial charge is 0.331 e. The van der Waals surface area contributed by atoms with E-state index in [1.807, 2.05) is 49.4 Å². The molecule has 4 rings (SSSR count). The maximum Gasteiger partial charge on any atom is 0.331 e. The molecule has 2 fully saturated rings. The summed E-state index contributed by atoms with van der Waals surface area (Å²) in [6, 6.07) is 9.53. The van der Waals surface area contributed by atoms with Gasteiger partial charge >= 0.3 is 5.97 Å². The highest BCUT2D eigenvalue weighted by Gasteiger charge is 2.67. The molecule has 1 saturated heterocycles. The van der Waals surface area contributed by atoms with Crippen molar-refractivity contribution in [3.05, 3.63) is 72.4 Å². The summed E-state index contributed by atoms with van der Waals surface area (Å²) in [6.07, 6.45) is 8.39. The molecular weight excluding hydrogens is 442 g/mol. The van der Waals surface area contributed by atoms with Crippen molar-refractivity contribution in [2.24, 2.45) is 23.7 Å². The normalized spacial score (nSPS) is 37.9. The van der Waals surface area contributed by atoms with E-state index in [1.54, 1.807) is 0 Å². The summed E-state index contributed by atoms with van der Waals surface area (Å²) in [7, 11) is 0. The van der Waals surface area contributed by atoms with Gasteiger partial charge in [0.05, 0.1) is 12.0 Å². The molecule has 1 aliphatic carbocycles. The molecule has 0 radical (unpaired) electrons. The van der Waals surface area contributed by atoms with E-state index in [0.29, 0.717) is 24.3 Å². The first-order chi connectivity index (χ1) is 16.7. The summed E-state index contributed by atoms with van der Waals surface area (Å²) in [5.74, 6) is -2.46. The molecule has 0 aromatic heterocycles. The number of hydrogen-bond acceptors (Lipinski definition) is 5. The van der Waals surface area contributed by atoms with Crippen molar-refractivity contribution in [2.75, 3.05) is 0 Å². The van der Waals surface area contributed by atoms with Crippen LogP contribution in [0.2, 0.25) is 0 Å². The van der Waals surface area contributed by atoms with E-state index < -0.39 is 35.4 Å². The van der Waals surface area contributed by atoms with Gasteiger partial charge in [0.1, 0.15) is 0 Å². The van der Waals surface area contributed by atoms with Gasteiger partial charge in [-0.15, -0.1) is 0 Å². The Balaban J connectivity index is 1.79. The fourth-order valence-corrected chi connectivity index (χ4v) is 6.00. The van der Waals surface area contributed by atoms with Crippen molar-refractivity contribution < 1.29 is 24.2 Å². The van der Waals surface area contributed by atoms with E-state index in [4.69, 9.17) is 4.74 Å². The standard InChI is InChI=1S/C29H35NO5/c1-18-9-7-13-22(31)15-16-25(32)35-29-23(14-8-10-18)27(33)20(3)19(2)26(29)24(30-28(29)34)17-21-11-5-4-6-12-21/h4-6,8,11-12,14-16,18-19,23-24,26-27,33H,3,7,9-10,13,17H2,1-2H3,(H,30,34)/b14-8-,16-15-/t18-,19-,23+,24+,26+,27-,29-/m1/s1. The summed E-state index contributed by atoms with van der Waals surface area (Å²) < 4.78 is 6.01. The Morgan fingerprint density at radius 2 is 1.89 bits per heavy atom. The predicted octanol–water partition coefficient (Wildman–Crippen LogP) is 3.70. The summed E-state index contributed by atoms with van der Waals surface area (Å²) in [6.45, 7) is 8.21. The molecule has 0 unspecified atom stereocenters. The van der Waals surface area contributed by atoms with Crippen molar-refractivity contribution in [3.63, 3.8) is 0 Å². The number of rotatable bonds is 2. The van der Waals surface area contributed by atoms with E-state index >= 15 is 0 Å². The van der Waals surface area contributed by atoms with E-state index in [0.717, 1.165) is 30.9 Å². The molecule has 1 aromatic rings. The van der Waals surface area contributed by atoms with E-state index in [2.05, 4.69) is 18.8 Å². The number of ketones is 1. The third kappa shape index (κ3) is 4.90. The largest absolute Gasteiger partial charge is 0.445 e. The van der Waals surface area contributed by atoms with Crippen molar-refractivity contribution in [3.8, 4) is 0 Å². The summed E-state index contributed by atoms with van der Waals surface area (Å²) >= 11 is 0. The van der Waals surface area contributed by atoms with Crippen LogP contribution in [0.25, 0.3) is 0 Å². The zero-order chi connectivity index (χ0) is 25.2. The quantitative estimate of drug-likeness (QED) is 0.501. The minimum atomic E-state index is -1.60. The van der Waals surface area contributed by atoms with Crippen LogP contribution in [0.15, 0.2) is 66.8 Å². The van der Waals surface area contributed by atoms with Gasteiger partial charge in [-0.25, -0.2) is 4.79 Å². The van der Waals surface area contributed by atoms with Gasteiger partial charge in [-0.1, -0.05) is 62.9 Å². The number of nitrogens with one attached hydrogen (secondary N) is 1. The average Bonchev–Trinajstić information content (AvgIpc) is 3.09. The molecule has 2 N–H and O–H groups in total. The molecule has 1 amide bonds. The van der Waals surface area contributed by atoms with Crippen LogP contribution in [0.1, 0.15) is 45.1 Å². The first-order valence-corrected chi connectivity index (χ1v) is 12.6. The molecule has 0 bridgehead atoms. The van der Waals surface area contributed by atoms with Crippen LogP contribution in [0.4, 0.5) is 0 Å². The summed E-state index contributed by atoms with van der Waals surface area (Å²) in [4.78, 5) is 38.9. The molecule has 1 aromatic carbocycles. The molecule has 6 nitrogen and oxygen atoms in total. The Labute approximate surface area is 207 Å². The molecule has 7 atom stereocenters. The Morgan fingerprint density at radius 3 is 2.63 bits per heavy atom. The minimum absolute atomic E-state index is 0.143. The van der Waals surface area contributed by atoms with Gasteiger partial charge in [0.2, 0.25) is 5.60 Å². The number of aliphatic hydroxyl groups excluding tert-OH is 1. The number of allylic oxidation sites excluding steroid dienone is 2. The first kappa shape index (κ1) is 25.1. The number of benzene rings is 1. The Morgan fingerprint density at radius 1 is 1.14 bits per heavy atom. The highest BCUT2D eigenvalue weighted by Crippen LogP contribution is 2.52. The van der Waals surface area contributed by atoms with Crippen LogP contribution >= 0.6 is 0 Å². The number of hydrogen-bond donors (Lipinski definition) is 2. The van der Waals surface area contributed by atoms with Crippen LogP contribution in [0.5, 0.6) is 0 Å². The second-order valence-corrected chi connectivity index (χ2v) is 10.3. The third-order valence-electron chi connectivity index (χ3n) is 7.91. The van der Waals surface area contributed by atoms with Gasteiger partial charge in [-0.2, -0.15) is 0 Å². The number of esters is 1. The Hall–Kier alpha value is -2.99. The Bertz CT molecular complexity index is 1040. The van der Waals surface area contributed by atoms with Crippen molar-refractivity contribution in [1.82, 2.24) is 5.32 Å². The van der Waals surface area contributed by atoms with Gasteiger partial charge in [0.15, 0.2) is 5.78 Å². The summed E-state index contributed by atoms with van der Waals surface area (Å²) in [5, 5.41) is 14.4. The van der Waals surface area contributed by atoms with Crippen LogP contribution < -0.4 is 5.32 Å². The SMILES string of the molecule is C=C1[C@@H](C)[C@H]2[C@H](Cc3ccccc3)NC(=O)[C@]23OC(=O)/C=C\C(=O)CCC[C@@H](C)C/C=C\[C@H]3[C@@H]1O. The van der Waals surface area contributed by atoms with E-state index in [9.17, 15) is 19.5 Å². The molecule has 1 saturated carbocycles. The van der Waals surface area contributed by atoms with Gasteiger partial charge in [-0.3, -0.25) is 9.59 Å². The monoisotopic (exact) mass is 477 g/mol. The fourth-order valence-electron chi connectivity index (χ4n) is 6.00. The molecule has 186 valence electrons. The molecule has 2 heterocycles. The molecule has 1 spiro atoms. The molecule has 6 heteroatoms. The zero-order valence-electron chi connectivity index (χ0n) is 20.5. The van der Waals surface area contributed by atoms with E-state index in [-0.39, 0.29) is 17.7 Å². The van der Waals surface area contributed by atoms with Gasteiger partial charge in [0, 0.05) is 24.5 Å². The second kappa shape index (κ2) is 10.3. The maximum absolute atomic E-state index is 13.7. The number of aliphatic hydroxyl groups is 1. The number of carbonyl (C=O) groups excluding carboxylic acids is 3. The third-order valence-corrected chi connectivity index (χ3v) is 7.91. The predicted molar refractivity (Wildman–Crippen MR) is 133 cm³/mol. The lowest BCUT2D eigenvalue weighted by Gasteiger charge is -2.49. The highest BCUT2D eigenvalue weighted by molar-refractivity contribution is 5.98. The van der Waals surface area contributed by atoms with E-state index in [1.165, 1.54) is 6.08 Å². The number of carbonyl (C=O) groups is 3.